The zero-order chi connectivity index (χ0) is 14.6. The Morgan fingerprint density at radius 1 is 1.42 bits per heavy atom. The number of likely N-dealkylation sites (N-methyl/N-ethyl adjacent to an activating group) is 1. The number of carbonyl (C=O) groups excluding carboxylic acids is 1. The van der Waals surface area contributed by atoms with Gasteiger partial charge in [0.2, 0.25) is 0 Å². The van der Waals surface area contributed by atoms with E-state index in [4.69, 9.17) is 10.5 Å². The zero-order valence-corrected chi connectivity index (χ0v) is 12.5. The van der Waals surface area contributed by atoms with Crippen LogP contribution in [0.1, 0.15) is 36.5 Å². The molecule has 106 valence electrons. The van der Waals surface area contributed by atoms with E-state index in [1.807, 2.05) is 0 Å². The van der Waals surface area contributed by atoms with Gasteiger partial charge < -0.3 is 15.4 Å². The van der Waals surface area contributed by atoms with Gasteiger partial charge in [-0.25, -0.2) is 4.79 Å². The van der Waals surface area contributed by atoms with Crippen LogP contribution in [0.2, 0.25) is 0 Å². The summed E-state index contributed by atoms with van der Waals surface area (Å²) < 4.78 is 5.42. The van der Waals surface area contributed by atoms with Gasteiger partial charge in [-0.2, -0.15) is 0 Å². The van der Waals surface area contributed by atoms with Crippen LogP contribution in [-0.4, -0.2) is 31.6 Å². The molecule has 0 bridgehead atoms. The normalized spacial score (nSPS) is 10.6. The molecule has 4 heteroatoms. The van der Waals surface area contributed by atoms with Crippen LogP contribution in [0.3, 0.4) is 0 Å². The minimum atomic E-state index is -0.393. The summed E-state index contributed by atoms with van der Waals surface area (Å²) in [5.74, 6) is 1.34. The molecule has 0 aliphatic carbocycles. The lowest BCUT2D eigenvalue weighted by atomic mass is 9.95. The van der Waals surface area contributed by atoms with Crippen LogP contribution in [-0.2, 0) is 6.42 Å². The van der Waals surface area contributed by atoms with E-state index in [0.29, 0.717) is 12.5 Å². The second kappa shape index (κ2) is 6.45. The summed E-state index contributed by atoms with van der Waals surface area (Å²) in [7, 11) is 3.41. The Morgan fingerprint density at radius 3 is 2.53 bits per heavy atom. The molecule has 2 N–H and O–H groups in total. The van der Waals surface area contributed by atoms with E-state index < -0.39 is 6.03 Å². The third kappa shape index (κ3) is 3.88. The maximum atomic E-state index is 11.0. The van der Waals surface area contributed by atoms with Gasteiger partial charge in [-0.3, -0.25) is 0 Å². The first kappa shape index (κ1) is 15.3. The van der Waals surface area contributed by atoms with Crippen LogP contribution in [0.25, 0.3) is 0 Å². The predicted molar refractivity (Wildman–Crippen MR) is 77.7 cm³/mol. The summed E-state index contributed by atoms with van der Waals surface area (Å²) >= 11 is 0. The number of benzene rings is 1. The first-order chi connectivity index (χ1) is 8.86. The summed E-state index contributed by atoms with van der Waals surface area (Å²) in [6.07, 6.45) is 0.801. The van der Waals surface area contributed by atoms with E-state index in [1.165, 1.54) is 21.6 Å². The molecule has 1 aromatic rings. The molecule has 0 saturated carbocycles. The molecule has 0 spiro atoms. The highest BCUT2D eigenvalue weighted by Crippen LogP contribution is 2.29. The zero-order valence-electron chi connectivity index (χ0n) is 12.5. The van der Waals surface area contributed by atoms with Crippen molar-refractivity contribution in [2.75, 3.05) is 20.7 Å². The van der Waals surface area contributed by atoms with Gasteiger partial charge in [-0.05, 0) is 42.0 Å². The summed E-state index contributed by atoms with van der Waals surface area (Å²) in [4.78, 5) is 12.5. The quantitative estimate of drug-likeness (QED) is 0.889. The number of hydrogen-bond acceptors (Lipinski definition) is 2. The highest BCUT2D eigenvalue weighted by atomic mass is 16.5. The molecule has 0 heterocycles. The third-order valence-electron chi connectivity index (χ3n) is 3.40. The van der Waals surface area contributed by atoms with E-state index in [1.54, 1.807) is 14.2 Å². The van der Waals surface area contributed by atoms with Crippen LogP contribution >= 0.6 is 0 Å². The molecule has 0 fully saturated rings. The van der Waals surface area contributed by atoms with Crippen molar-refractivity contribution < 1.29 is 9.53 Å². The Morgan fingerprint density at radius 2 is 2.05 bits per heavy atom. The average Bonchev–Trinajstić information content (AvgIpc) is 2.35. The Balaban J connectivity index is 2.95. The largest absolute Gasteiger partial charge is 0.496 e. The molecule has 0 unspecified atom stereocenters. The average molecular weight is 264 g/mol. The van der Waals surface area contributed by atoms with Gasteiger partial charge in [0, 0.05) is 13.6 Å². The molecule has 0 saturated heterocycles. The number of methoxy groups -OCH3 is 1. The summed E-state index contributed by atoms with van der Waals surface area (Å²) in [6, 6.07) is 3.85. The van der Waals surface area contributed by atoms with Crippen molar-refractivity contribution in [1.82, 2.24) is 4.90 Å². The Kier molecular flexibility index (Phi) is 5.21. The molecule has 0 aromatic heterocycles. The van der Waals surface area contributed by atoms with Gasteiger partial charge in [-0.15, -0.1) is 0 Å². The maximum Gasteiger partial charge on any atom is 0.314 e. The fourth-order valence-corrected chi connectivity index (χ4v) is 2.04. The Hall–Kier alpha value is -1.71. The van der Waals surface area contributed by atoms with E-state index in [-0.39, 0.29) is 0 Å². The molecule has 1 aromatic carbocycles. The SMILES string of the molecule is COc1cc(C)c(CCN(C)C(N)=O)cc1C(C)C. The van der Waals surface area contributed by atoms with Crippen molar-refractivity contribution in [1.29, 1.82) is 0 Å². The number of carbonyl (C=O) groups is 1. The van der Waals surface area contributed by atoms with Gasteiger partial charge in [0.05, 0.1) is 7.11 Å². The number of nitrogens with two attached hydrogens (primary N) is 1. The van der Waals surface area contributed by atoms with Gasteiger partial charge in [-0.1, -0.05) is 19.9 Å². The van der Waals surface area contributed by atoms with E-state index in [0.717, 1.165) is 12.2 Å². The van der Waals surface area contributed by atoms with Crippen molar-refractivity contribution in [3.05, 3.63) is 28.8 Å². The van der Waals surface area contributed by atoms with Gasteiger partial charge in [0.1, 0.15) is 5.75 Å². The van der Waals surface area contributed by atoms with Crippen molar-refractivity contribution in [2.45, 2.75) is 33.1 Å². The number of aryl methyl sites for hydroxylation is 1. The van der Waals surface area contributed by atoms with E-state index in [9.17, 15) is 4.79 Å². The Labute approximate surface area is 115 Å². The number of urea groups is 1. The van der Waals surface area contributed by atoms with Crippen LogP contribution in [0.15, 0.2) is 12.1 Å². The Bertz CT molecular complexity index is 456. The van der Waals surface area contributed by atoms with Crippen LogP contribution in [0.4, 0.5) is 4.79 Å². The van der Waals surface area contributed by atoms with Gasteiger partial charge in [0.15, 0.2) is 0 Å². The fourth-order valence-electron chi connectivity index (χ4n) is 2.04. The fraction of sp³-hybridized carbons (Fsp3) is 0.533. The number of rotatable bonds is 5. The lowest BCUT2D eigenvalue weighted by Crippen LogP contribution is -2.33. The van der Waals surface area contributed by atoms with Crippen molar-refractivity contribution in [3.63, 3.8) is 0 Å². The second-order valence-electron chi connectivity index (χ2n) is 5.19. The topological polar surface area (TPSA) is 55.6 Å². The molecular formula is C15H24N2O2. The predicted octanol–water partition coefficient (Wildman–Crippen LogP) is 2.68. The highest BCUT2D eigenvalue weighted by Gasteiger charge is 2.12. The monoisotopic (exact) mass is 264 g/mol. The number of nitrogens with zero attached hydrogens (tertiary/aromatic N) is 1. The molecule has 4 nitrogen and oxygen atoms in total. The maximum absolute atomic E-state index is 11.0. The first-order valence-corrected chi connectivity index (χ1v) is 6.54. The molecule has 2 amide bonds. The summed E-state index contributed by atoms with van der Waals surface area (Å²) in [6.45, 7) is 6.98. The molecule has 19 heavy (non-hydrogen) atoms. The van der Waals surface area contributed by atoms with E-state index >= 15 is 0 Å². The van der Waals surface area contributed by atoms with Crippen molar-refractivity contribution in [3.8, 4) is 5.75 Å². The molecule has 0 atom stereocenters. The lowest BCUT2D eigenvalue weighted by molar-refractivity contribution is 0.219. The smallest absolute Gasteiger partial charge is 0.314 e. The minimum Gasteiger partial charge on any atom is -0.496 e. The second-order valence-corrected chi connectivity index (χ2v) is 5.19. The summed E-state index contributed by atoms with van der Waals surface area (Å²) in [5.41, 5.74) is 8.84. The molecule has 0 aliphatic rings. The first-order valence-electron chi connectivity index (χ1n) is 6.54. The highest BCUT2D eigenvalue weighted by molar-refractivity contribution is 5.71. The summed E-state index contributed by atoms with van der Waals surface area (Å²) in [5, 5.41) is 0. The molecule has 0 aliphatic heterocycles. The molecule has 1 rings (SSSR count). The third-order valence-corrected chi connectivity index (χ3v) is 3.40. The van der Waals surface area contributed by atoms with Crippen LogP contribution in [0, 0.1) is 6.92 Å². The molecule has 0 radical (unpaired) electrons. The molecular weight excluding hydrogens is 240 g/mol. The van der Waals surface area contributed by atoms with Crippen LogP contribution in [0.5, 0.6) is 5.75 Å². The van der Waals surface area contributed by atoms with Crippen molar-refractivity contribution >= 4 is 6.03 Å². The number of ether oxygens (including phenoxy) is 1. The minimum absolute atomic E-state index is 0.393. The van der Waals surface area contributed by atoms with Crippen LogP contribution < -0.4 is 10.5 Å². The van der Waals surface area contributed by atoms with Crippen molar-refractivity contribution in [2.24, 2.45) is 5.73 Å². The van der Waals surface area contributed by atoms with Gasteiger partial charge in [0.25, 0.3) is 0 Å². The van der Waals surface area contributed by atoms with Gasteiger partial charge >= 0.3 is 6.03 Å². The van der Waals surface area contributed by atoms with E-state index in [2.05, 4.69) is 32.9 Å². The number of hydrogen-bond donors (Lipinski definition) is 1. The number of primary amides is 1. The standard InChI is InChI=1S/C15H24N2O2/c1-10(2)13-9-12(6-7-17(4)15(16)18)11(3)8-14(13)19-5/h8-10H,6-7H2,1-5H3,(H2,16,18). The number of amides is 2. The lowest BCUT2D eigenvalue weighted by Gasteiger charge is -2.18.